The van der Waals surface area contributed by atoms with E-state index in [9.17, 15) is 3.89 Å². The van der Waals surface area contributed by atoms with Crippen LogP contribution in [0.3, 0.4) is 0 Å². The molecule has 0 aliphatic carbocycles. The first kappa shape index (κ1) is 14.3. The van der Waals surface area contributed by atoms with Crippen molar-refractivity contribution in [1.29, 1.82) is 0 Å². The fourth-order valence-electron chi connectivity index (χ4n) is 2.50. The molecule has 0 amide bonds. The highest BCUT2D eigenvalue weighted by atomic mass is 35.5. The van der Waals surface area contributed by atoms with Crippen LogP contribution in [0.5, 0.6) is 0 Å². The first-order valence-electron chi connectivity index (χ1n) is 6.82. The number of hydrogen-bond acceptors (Lipinski definition) is 3. The van der Waals surface area contributed by atoms with E-state index in [1.165, 1.54) is 4.09 Å². The Bertz CT molecular complexity index is 977. The predicted molar refractivity (Wildman–Crippen MR) is 91.0 cm³/mol. The van der Waals surface area contributed by atoms with E-state index in [4.69, 9.17) is 11.6 Å². The van der Waals surface area contributed by atoms with Crippen molar-refractivity contribution in [2.75, 3.05) is 0 Å². The first-order valence-corrected chi connectivity index (χ1v) is 7.87. The minimum atomic E-state index is 0.0619. The van der Waals surface area contributed by atoms with E-state index >= 15 is 0 Å². The molecule has 0 saturated heterocycles. The van der Waals surface area contributed by atoms with E-state index < -0.39 is 0 Å². The van der Waals surface area contributed by atoms with Gasteiger partial charge in [0.25, 0.3) is 0 Å². The maximum Gasteiger partial charge on any atom is 0.187 e. The second-order valence-corrected chi connectivity index (χ2v) is 5.93. The van der Waals surface area contributed by atoms with E-state index in [-0.39, 0.29) is 12.3 Å². The van der Waals surface area contributed by atoms with Crippen molar-refractivity contribution in [3.05, 3.63) is 66.2 Å². The molecule has 114 valence electrons. The Kier molecular flexibility index (Phi) is 3.55. The third-order valence-corrected chi connectivity index (χ3v) is 4.16. The first-order chi connectivity index (χ1) is 11.2. The van der Waals surface area contributed by atoms with Gasteiger partial charge in [-0.15, -0.1) is 3.89 Å². The van der Waals surface area contributed by atoms with Gasteiger partial charge < -0.3 is 4.40 Å². The van der Waals surface area contributed by atoms with Crippen molar-refractivity contribution >= 4 is 29.6 Å². The smallest absolute Gasteiger partial charge is 0.187 e. The standard InChI is InChI=1S/C16H10ClFN4S/c17-13-4-1-11(2-5-13)16-14(10-22(20-16)23-18)12-3-6-15-19-7-8-21(15)9-12/h1-10H. The third-order valence-electron chi connectivity index (χ3n) is 3.58. The molecule has 3 aromatic heterocycles. The molecule has 0 unspecified atom stereocenters. The highest BCUT2D eigenvalue weighted by Gasteiger charge is 2.14. The Morgan fingerprint density at radius 1 is 1.00 bits per heavy atom. The molecule has 3 heterocycles. The number of imidazole rings is 1. The van der Waals surface area contributed by atoms with Gasteiger partial charge in [-0.3, -0.25) is 0 Å². The number of halogens is 2. The minimum Gasteiger partial charge on any atom is -0.306 e. The summed E-state index contributed by atoms with van der Waals surface area (Å²) < 4.78 is 16.1. The molecule has 0 saturated carbocycles. The molecule has 0 N–H and O–H groups in total. The number of benzene rings is 1. The van der Waals surface area contributed by atoms with Gasteiger partial charge in [0, 0.05) is 46.5 Å². The van der Waals surface area contributed by atoms with Gasteiger partial charge in [0.2, 0.25) is 0 Å². The maximum atomic E-state index is 13.0. The monoisotopic (exact) mass is 344 g/mol. The van der Waals surface area contributed by atoms with Crippen LogP contribution < -0.4 is 0 Å². The number of aromatic nitrogens is 4. The number of pyridine rings is 1. The van der Waals surface area contributed by atoms with Crippen molar-refractivity contribution in [1.82, 2.24) is 18.6 Å². The minimum absolute atomic E-state index is 0.0619. The quantitative estimate of drug-likeness (QED) is 0.530. The molecule has 0 aliphatic heterocycles. The lowest BCUT2D eigenvalue weighted by Gasteiger charge is -2.04. The zero-order valence-electron chi connectivity index (χ0n) is 11.7. The Morgan fingerprint density at radius 3 is 2.57 bits per heavy atom. The Morgan fingerprint density at radius 2 is 1.78 bits per heavy atom. The summed E-state index contributed by atoms with van der Waals surface area (Å²) in [6.45, 7) is 0. The third kappa shape index (κ3) is 2.60. The predicted octanol–water partition coefficient (Wildman–Crippen LogP) is 4.90. The number of hydrogen-bond donors (Lipinski definition) is 0. The Hall–Kier alpha value is -2.31. The average molecular weight is 345 g/mol. The topological polar surface area (TPSA) is 35.1 Å². The summed E-state index contributed by atoms with van der Waals surface area (Å²) in [5.41, 5.74) is 4.21. The van der Waals surface area contributed by atoms with Crippen molar-refractivity contribution in [3.63, 3.8) is 0 Å². The van der Waals surface area contributed by atoms with Crippen LogP contribution in [-0.4, -0.2) is 18.6 Å². The van der Waals surface area contributed by atoms with Crippen molar-refractivity contribution in [2.24, 2.45) is 0 Å². The zero-order valence-corrected chi connectivity index (χ0v) is 13.3. The van der Waals surface area contributed by atoms with Gasteiger partial charge >= 0.3 is 0 Å². The number of fused-ring (bicyclic) bond motifs is 1. The summed E-state index contributed by atoms with van der Waals surface area (Å²) in [4.78, 5) is 4.23. The molecule has 4 aromatic rings. The largest absolute Gasteiger partial charge is 0.306 e. The highest BCUT2D eigenvalue weighted by molar-refractivity contribution is 7.92. The molecular formula is C16H10ClFN4S. The van der Waals surface area contributed by atoms with Crippen LogP contribution in [0, 0.1) is 0 Å². The van der Waals surface area contributed by atoms with Crippen LogP contribution in [0.2, 0.25) is 5.02 Å². The summed E-state index contributed by atoms with van der Waals surface area (Å²) >= 11 is 6.00. The zero-order chi connectivity index (χ0) is 15.8. The fourth-order valence-corrected chi connectivity index (χ4v) is 2.88. The van der Waals surface area contributed by atoms with Crippen LogP contribution in [0.1, 0.15) is 0 Å². The van der Waals surface area contributed by atoms with E-state index in [2.05, 4.69) is 10.1 Å². The normalized spacial score (nSPS) is 11.2. The van der Waals surface area contributed by atoms with Crippen LogP contribution in [0.25, 0.3) is 28.0 Å². The van der Waals surface area contributed by atoms with Gasteiger partial charge in [0.1, 0.15) is 11.3 Å². The molecule has 0 bridgehead atoms. The van der Waals surface area contributed by atoms with Gasteiger partial charge in [0.15, 0.2) is 12.3 Å². The number of nitrogens with zero attached hydrogens (tertiary/aromatic N) is 4. The second-order valence-electron chi connectivity index (χ2n) is 4.98. The lowest BCUT2D eigenvalue weighted by Crippen LogP contribution is -1.87. The van der Waals surface area contributed by atoms with Crippen molar-refractivity contribution in [3.8, 4) is 22.4 Å². The summed E-state index contributed by atoms with van der Waals surface area (Å²) in [7, 11) is 0. The van der Waals surface area contributed by atoms with Crippen molar-refractivity contribution in [2.45, 2.75) is 0 Å². The van der Waals surface area contributed by atoms with Crippen LogP contribution in [-0.2, 0) is 0 Å². The summed E-state index contributed by atoms with van der Waals surface area (Å²) in [5, 5.41) is 4.96. The van der Waals surface area contributed by atoms with Crippen LogP contribution in [0.4, 0.5) is 3.89 Å². The number of rotatable bonds is 3. The molecule has 7 heteroatoms. The lowest BCUT2D eigenvalue weighted by atomic mass is 10.0. The lowest BCUT2D eigenvalue weighted by molar-refractivity contribution is 0.879. The van der Waals surface area contributed by atoms with E-state index in [1.807, 2.05) is 41.1 Å². The van der Waals surface area contributed by atoms with Crippen molar-refractivity contribution < 1.29 is 3.89 Å². The van der Waals surface area contributed by atoms with Crippen LogP contribution >= 0.6 is 23.9 Å². The summed E-state index contributed by atoms with van der Waals surface area (Å²) in [6, 6.07) is 11.2. The van der Waals surface area contributed by atoms with Gasteiger partial charge in [0.05, 0.1) is 0 Å². The molecule has 4 rings (SSSR count). The van der Waals surface area contributed by atoms with Gasteiger partial charge in [-0.25, -0.2) is 4.98 Å². The molecule has 1 aromatic carbocycles. The molecule has 0 aliphatic rings. The average Bonchev–Trinajstić information content (AvgIpc) is 3.21. The SMILES string of the molecule is FSn1cc(-c2ccc3nccn3c2)c(-c2ccc(Cl)cc2)n1. The Balaban J connectivity index is 1.89. The second kappa shape index (κ2) is 5.72. The van der Waals surface area contributed by atoms with Gasteiger partial charge in [-0.1, -0.05) is 23.7 Å². The van der Waals surface area contributed by atoms with Crippen LogP contribution in [0.15, 0.2) is 61.2 Å². The molecule has 0 fully saturated rings. The maximum absolute atomic E-state index is 13.0. The van der Waals surface area contributed by atoms with Gasteiger partial charge in [-0.2, -0.15) is 9.19 Å². The molecule has 0 spiro atoms. The van der Waals surface area contributed by atoms with Gasteiger partial charge in [-0.05, 0) is 24.3 Å². The molecular weight excluding hydrogens is 335 g/mol. The highest BCUT2D eigenvalue weighted by Crippen LogP contribution is 2.33. The fraction of sp³-hybridized carbons (Fsp3) is 0. The van der Waals surface area contributed by atoms with E-state index in [0.29, 0.717) is 10.7 Å². The summed E-state index contributed by atoms with van der Waals surface area (Å²) in [5.74, 6) is 0. The molecule has 0 atom stereocenters. The van der Waals surface area contributed by atoms with E-state index in [1.54, 1.807) is 24.5 Å². The van der Waals surface area contributed by atoms with E-state index in [0.717, 1.165) is 22.3 Å². The molecule has 4 nitrogen and oxygen atoms in total. The Labute approximate surface area is 141 Å². The molecule has 23 heavy (non-hydrogen) atoms. The molecule has 0 radical (unpaired) electrons. The summed E-state index contributed by atoms with van der Waals surface area (Å²) in [6.07, 6.45) is 7.23.